The van der Waals surface area contributed by atoms with Crippen LogP contribution in [0.4, 0.5) is 11.8 Å². The highest BCUT2D eigenvalue weighted by molar-refractivity contribution is 5.58. The third kappa shape index (κ3) is 3.36. The van der Waals surface area contributed by atoms with E-state index in [-0.39, 0.29) is 5.95 Å². The minimum Gasteiger partial charge on any atom is -0.382 e. The van der Waals surface area contributed by atoms with Crippen molar-refractivity contribution in [1.29, 1.82) is 0 Å². The molecule has 3 rings (SSSR count). The monoisotopic (exact) mass is 318 g/mol. The fourth-order valence-corrected chi connectivity index (χ4v) is 2.36. The van der Waals surface area contributed by atoms with Crippen LogP contribution in [-0.2, 0) is 13.0 Å². The molecule has 0 saturated carbocycles. The SMILES string of the molecule is CCc1nc(N)nc(N)c1C#CCn1cnc(-c2ccccc2)c1. The molecule has 6 heteroatoms. The molecule has 24 heavy (non-hydrogen) atoms. The van der Waals surface area contributed by atoms with Crippen molar-refractivity contribution in [2.45, 2.75) is 19.9 Å². The zero-order valence-corrected chi connectivity index (χ0v) is 13.4. The Bertz CT molecular complexity index is 902. The first-order valence-electron chi connectivity index (χ1n) is 7.65. The molecule has 0 aliphatic heterocycles. The zero-order chi connectivity index (χ0) is 16.9. The van der Waals surface area contributed by atoms with Crippen molar-refractivity contribution >= 4 is 11.8 Å². The summed E-state index contributed by atoms with van der Waals surface area (Å²) in [7, 11) is 0. The average molecular weight is 318 g/mol. The van der Waals surface area contributed by atoms with Gasteiger partial charge in [-0.25, -0.2) is 9.97 Å². The molecule has 0 saturated heterocycles. The number of nitrogen functional groups attached to an aromatic ring is 2. The number of imidazole rings is 1. The predicted molar refractivity (Wildman–Crippen MR) is 94.8 cm³/mol. The van der Waals surface area contributed by atoms with Crippen molar-refractivity contribution in [3.05, 3.63) is 54.1 Å². The number of hydrogen-bond donors (Lipinski definition) is 2. The first-order chi connectivity index (χ1) is 11.7. The van der Waals surface area contributed by atoms with E-state index < -0.39 is 0 Å². The number of nitrogens with zero attached hydrogens (tertiary/aromatic N) is 4. The summed E-state index contributed by atoms with van der Waals surface area (Å²) in [6.07, 6.45) is 4.43. The Morgan fingerprint density at radius 2 is 1.92 bits per heavy atom. The quantitative estimate of drug-likeness (QED) is 0.721. The molecule has 0 amide bonds. The molecule has 0 fully saturated rings. The Labute approximate surface area is 140 Å². The van der Waals surface area contributed by atoms with Gasteiger partial charge < -0.3 is 16.0 Å². The van der Waals surface area contributed by atoms with Crippen molar-refractivity contribution in [2.24, 2.45) is 0 Å². The normalized spacial score (nSPS) is 10.2. The molecule has 4 N–H and O–H groups in total. The lowest BCUT2D eigenvalue weighted by Crippen LogP contribution is -2.06. The maximum atomic E-state index is 5.90. The molecule has 0 unspecified atom stereocenters. The van der Waals surface area contributed by atoms with Crippen LogP contribution < -0.4 is 11.5 Å². The zero-order valence-electron chi connectivity index (χ0n) is 13.4. The van der Waals surface area contributed by atoms with E-state index in [2.05, 4.69) is 26.8 Å². The van der Waals surface area contributed by atoms with Crippen molar-refractivity contribution < 1.29 is 0 Å². The summed E-state index contributed by atoms with van der Waals surface area (Å²) in [6.45, 7) is 2.49. The van der Waals surface area contributed by atoms with E-state index in [4.69, 9.17) is 11.5 Å². The van der Waals surface area contributed by atoms with Gasteiger partial charge in [-0.15, -0.1) is 0 Å². The van der Waals surface area contributed by atoms with Crippen LogP contribution >= 0.6 is 0 Å². The van der Waals surface area contributed by atoms with Crippen LogP contribution in [0.5, 0.6) is 0 Å². The van der Waals surface area contributed by atoms with Gasteiger partial charge in [0, 0.05) is 11.8 Å². The van der Waals surface area contributed by atoms with Gasteiger partial charge in [0.1, 0.15) is 5.82 Å². The maximum absolute atomic E-state index is 5.90. The summed E-state index contributed by atoms with van der Waals surface area (Å²) in [5, 5.41) is 0. The van der Waals surface area contributed by atoms with Gasteiger partial charge in [-0.2, -0.15) is 4.98 Å². The Balaban J connectivity index is 1.79. The van der Waals surface area contributed by atoms with E-state index in [0.29, 0.717) is 24.3 Å². The summed E-state index contributed by atoms with van der Waals surface area (Å²) in [5.41, 5.74) is 14.9. The molecule has 0 radical (unpaired) electrons. The van der Waals surface area contributed by atoms with Crippen molar-refractivity contribution in [1.82, 2.24) is 19.5 Å². The van der Waals surface area contributed by atoms with Crippen LogP contribution in [-0.4, -0.2) is 19.5 Å². The number of aromatic nitrogens is 4. The van der Waals surface area contributed by atoms with E-state index in [1.807, 2.05) is 48.0 Å². The van der Waals surface area contributed by atoms with Crippen molar-refractivity contribution in [2.75, 3.05) is 11.5 Å². The highest BCUT2D eigenvalue weighted by Crippen LogP contribution is 2.16. The molecule has 3 aromatic rings. The second-order valence-corrected chi connectivity index (χ2v) is 5.24. The minimum atomic E-state index is 0.178. The lowest BCUT2D eigenvalue weighted by atomic mass is 10.1. The summed E-state index contributed by atoms with van der Waals surface area (Å²) in [5.74, 6) is 6.64. The Kier molecular flexibility index (Phi) is 4.43. The first kappa shape index (κ1) is 15.6. The summed E-state index contributed by atoms with van der Waals surface area (Å²) >= 11 is 0. The molecular weight excluding hydrogens is 300 g/mol. The molecule has 1 aromatic carbocycles. The van der Waals surface area contributed by atoms with Gasteiger partial charge >= 0.3 is 0 Å². The van der Waals surface area contributed by atoms with Gasteiger partial charge in [0.25, 0.3) is 0 Å². The Morgan fingerprint density at radius 3 is 2.67 bits per heavy atom. The Morgan fingerprint density at radius 1 is 1.12 bits per heavy atom. The molecule has 2 aromatic heterocycles. The van der Waals surface area contributed by atoms with Crippen molar-refractivity contribution in [3.8, 4) is 23.1 Å². The minimum absolute atomic E-state index is 0.178. The van der Waals surface area contributed by atoms with E-state index in [1.54, 1.807) is 6.33 Å². The van der Waals surface area contributed by atoms with E-state index in [0.717, 1.165) is 17.0 Å². The predicted octanol–water partition coefficient (Wildman–Crippen LogP) is 2.12. The molecular formula is C18H18N6. The number of rotatable bonds is 3. The van der Waals surface area contributed by atoms with Gasteiger partial charge in [0.05, 0.1) is 29.8 Å². The summed E-state index contributed by atoms with van der Waals surface area (Å²) in [6, 6.07) is 10.0. The smallest absolute Gasteiger partial charge is 0.222 e. The molecule has 0 atom stereocenters. The van der Waals surface area contributed by atoms with Crippen LogP contribution in [0.25, 0.3) is 11.3 Å². The lowest BCUT2D eigenvalue weighted by Gasteiger charge is -2.04. The molecule has 0 spiro atoms. The van der Waals surface area contributed by atoms with Gasteiger partial charge in [-0.3, -0.25) is 0 Å². The largest absolute Gasteiger partial charge is 0.382 e. The molecule has 0 aliphatic carbocycles. The number of anilines is 2. The second-order valence-electron chi connectivity index (χ2n) is 5.24. The van der Waals surface area contributed by atoms with E-state index >= 15 is 0 Å². The maximum Gasteiger partial charge on any atom is 0.222 e. The van der Waals surface area contributed by atoms with Crippen LogP contribution in [0, 0.1) is 11.8 Å². The summed E-state index contributed by atoms with van der Waals surface area (Å²) in [4.78, 5) is 12.6. The van der Waals surface area contributed by atoms with Gasteiger partial charge in [0.2, 0.25) is 5.95 Å². The van der Waals surface area contributed by atoms with Crippen LogP contribution in [0.2, 0.25) is 0 Å². The fourth-order valence-electron chi connectivity index (χ4n) is 2.36. The molecule has 2 heterocycles. The van der Waals surface area contributed by atoms with Crippen LogP contribution in [0.3, 0.4) is 0 Å². The number of hydrogen-bond acceptors (Lipinski definition) is 5. The second kappa shape index (κ2) is 6.84. The van der Waals surface area contributed by atoms with E-state index in [9.17, 15) is 0 Å². The third-order valence-electron chi connectivity index (χ3n) is 3.54. The Hall–Kier alpha value is -3.33. The third-order valence-corrected chi connectivity index (χ3v) is 3.54. The van der Waals surface area contributed by atoms with Gasteiger partial charge in [0.15, 0.2) is 0 Å². The fraction of sp³-hybridized carbons (Fsp3) is 0.167. The summed E-state index contributed by atoms with van der Waals surface area (Å²) < 4.78 is 1.93. The van der Waals surface area contributed by atoms with Gasteiger partial charge in [-0.1, -0.05) is 49.1 Å². The topological polar surface area (TPSA) is 95.6 Å². The highest BCUT2D eigenvalue weighted by atomic mass is 15.0. The van der Waals surface area contributed by atoms with Gasteiger partial charge in [-0.05, 0) is 6.42 Å². The van der Waals surface area contributed by atoms with E-state index in [1.165, 1.54) is 0 Å². The van der Waals surface area contributed by atoms with Crippen LogP contribution in [0.15, 0.2) is 42.9 Å². The lowest BCUT2D eigenvalue weighted by molar-refractivity contribution is 0.839. The van der Waals surface area contributed by atoms with Crippen molar-refractivity contribution in [3.63, 3.8) is 0 Å². The number of nitrogens with two attached hydrogens (primary N) is 2. The molecule has 0 bridgehead atoms. The number of aryl methyl sites for hydroxylation is 1. The number of benzene rings is 1. The highest BCUT2D eigenvalue weighted by Gasteiger charge is 2.07. The molecule has 120 valence electrons. The first-order valence-corrected chi connectivity index (χ1v) is 7.65. The molecule has 6 nitrogen and oxygen atoms in total. The van der Waals surface area contributed by atoms with Crippen LogP contribution in [0.1, 0.15) is 18.2 Å². The average Bonchev–Trinajstić information content (AvgIpc) is 3.06. The standard InChI is InChI=1S/C18H18N6/c1-2-15-14(17(19)23-18(20)22-15)9-6-10-24-11-16(21-12-24)13-7-4-3-5-8-13/h3-5,7-8,11-12H,2,10H2,1H3,(H4,19,20,22,23). The molecule has 0 aliphatic rings.